The Hall–Kier alpha value is -2.38. The molecule has 0 unspecified atom stereocenters. The van der Waals surface area contributed by atoms with Crippen LogP contribution in [0.2, 0.25) is 0 Å². The Kier molecular flexibility index (Phi) is 4.29. The first-order valence-corrected chi connectivity index (χ1v) is 8.28. The molecule has 0 bridgehead atoms. The van der Waals surface area contributed by atoms with E-state index in [2.05, 4.69) is 26.8 Å². The summed E-state index contributed by atoms with van der Waals surface area (Å²) in [5.41, 5.74) is 1.18. The molecule has 1 amide bonds. The zero-order chi connectivity index (χ0) is 17.3. The molecule has 0 atom stereocenters. The fourth-order valence-corrected chi connectivity index (χ4v) is 2.76. The van der Waals surface area contributed by atoms with Crippen LogP contribution in [0.4, 0.5) is 10.6 Å². The zero-order valence-corrected chi connectivity index (χ0v) is 14.7. The quantitative estimate of drug-likeness (QED) is 0.836. The van der Waals surface area contributed by atoms with E-state index in [1.165, 1.54) is 0 Å². The van der Waals surface area contributed by atoms with Gasteiger partial charge in [-0.2, -0.15) is 0 Å². The highest BCUT2D eigenvalue weighted by Gasteiger charge is 2.27. The van der Waals surface area contributed by atoms with Crippen molar-refractivity contribution in [2.24, 2.45) is 0 Å². The highest BCUT2D eigenvalue weighted by Crippen LogP contribution is 2.23. The first-order valence-electron chi connectivity index (χ1n) is 8.28. The molecule has 8 nitrogen and oxygen atoms in total. The van der Waals surface area contributed by atoms with Gasteiger partial charge in [0.2, 0.25) is 0 Å². The smallest absolute Gasteiger partial charge is 0.410 e. The molecule has 130 valence electrons. The molecule has 1 aliphatic rings. The summed E-state index contributed by atoms with van der Waals surface area (Å²) < 4.78 is 7.43. The third-order valence-corrected chi connectivity index (χ3v) is 3.95. The molecule has 3 rings (SSSR count). The molecule has 0 aromatic carbocycles. The van der Waals surface area contributed by atoms with Crippen LogP contribution in [0.15, 0.2) is 12.7 Å². The Labute approximate surface area is 141 Å². The van der Waals surface area contributed by atoms with Gasteiger partial charge in [0.15, 0.2) is 17.0 Å². The summed E-state index contributed by atoms with van der Waals surface area (Å²) in [5.74, 6) is 0.830. The van der Waals surface area contributed by atoms with Crippen LogP contribution in [0.1, 0.15) is 27.7 Å². The van der Waals surface area contributed by atoms with Gasteiger partial charge in [-0.05, 0) is 27.7 Å². The first kappa shape index (κ1) is 16.5. The third-order valence-electron chi connectivity index (χ3n) is 3.95. The van der Waals surface area contributed by atoms with Crippen molar-refractivity contribution in [3.63, 3.8) is 0 Å². The zero-order valence-electron chi connectivity index (χ0n) is 14.7. The number of fused-ring (bicyclic) bond motifs is 1. The van der Waals surface area contributed by atoms with Gasteiger partial charge in [-0.25, -0.2) is 19.7 Å². The molecule has 0 spiro atoms. The normalized spacial score (nSPS) is 15.8. The Morgan fingerprint density at radius 1 is 1.17 bits per heavy atom. The minimum absolute atomic E-state index is 0.259. The molecule has 2 aromatic rings. The standard InChI is InChI=1S/C16H24N6O2/c1-5-20-11-19-12-13(20)17-10-18-14(12)21-6-8-22(9-7-21)15(23)24-16(2,3)4/h10-11H,5-9H2,1-4H3. The average molecular weight is 332 g/mol. The molecule has 24 heavy (non-hydrogen) atoms. The number of imidazole rings is 1. The Balaban J connectivity index is 1.71. The van der Waals surface area contributed by atoms with Crippen molar-refractivity contribution in [2.75, 3.05) is 31.1 Å². The second kappa shape index (κ2) is 6.26. The van der Waals surface area contributed by atoms with Crippen LogP contribution in [-0.2, 0) is 11.3 Å². The molecule has 8 heteroatoms. The van der Waals surface area contributed by atoms with Crippen LogP contribution < -0.4 is 4.90 Å². The van der Waals surface area contributed by atoms with Gasteiger partial charge >= 0.3 is 6.09 Å². The number of piperazine rings is 1. The molecular weight excluding hydrogens is 308 g/mol. The lowest BCUT2D eigenvalue weighted by atomic mass is 10.2. The van der Waals surface area contributed by atoms with Gasteiger partial charge in [0.25, 0.3) is 0 Å². The molecule has 0 radical (unpaired) electrons. The van der Waals surface area contributed by atoms with Crippen LogP contribution in [0, 0.1) is 0 Å². The molecule has 1 fully saturated rings. The maximum absolute atomic E-state index is 12.2. The maximum atomic E-state index is 12.2. The summed E-state index contributed by atoms with van der Waals surface area (Å²) in [4.78, 5) is 29.2. The maximum Gasteiger partial charge on any atom is 0.410 e. The van der Waals surface area contributed by atoms with Crippen LogP contribution in [-0.4, -0.2) is 62.3 Å². The Morgan fingerprint density at radius 3 is 2.50 bits per heavy atom. The minimum atomic E-state index is -0.472. The Bertz CT molecular complexity index is 728. The SMILES string of the molecule is CCn1cnc2c(N3CCN(C(=O)OC(C)(C)C)CC3)ncnc21. The van der Waals surface area contributed by atoms with Gasteiger partial charge < -0.3 is 19.1 Å². The summed E-state index contributed by atoms with van der Waals surface area (Å²) in [6.07, 6.45) is 3.11. The van der Waals surface area contributed by atoms with E-state index in [0.29, 0.717) is 26.2 Å². The van der Waals surface area contributed by atoms with Crippen molar-refractivity contribution in [1.82, 2.24) is 24.4 Å². The van der Waals surface area contributed by atoms with E-state index in [0.717, 1.165) is 23.5 Å². The molecule has 2 aromatic heterocycles. The lowest BCUT2D eigenvalue weighted by molar-refractivity contribution is 0.0240. The largest absolute Gasteiger partial charge is 0.444 e. The van der Waals surface area contributed by atoms with Crippen LogP contribution in [0.25, 0.3) is 11.2 Å². The third kappa shape index (κ3) is 3.27. The molecule has 1 aliphatic heterocycles. The first-order chi connectivity index (χ1) is 11.4. The number of aryl methyl sites for hydroxylation is 1. The van der Waals surface area contributed by atoms with Crippen LogP contribution in [0.5, 0.6) is 0 Å². The molecule has 0 aliphatic carbocycles. The molecule has 0 N–H and O–H groups in total. The minimum Gasteiger partial charge on any atom is -0.444 e. The van der Waals surface area contributed by atoms with Crippen molar-refractivity contribution in [1.29, 1.82) is 0 Å². The number of nitrogens with zero attached hydrogens (tertiary/aromatic N) is 6. The number of carbonyl (C=O) groups excluding carboxylic acids is 1. The highest BCUT2D eigenvalue weighted by molar-refractivity contribution is 5.83. The van der Waals surface area contributed by atoms with E-state index >= 15 is 0 Å². The van der Waals surface area contributed by atoms with Gasteiger partial charge in [-0.15, -0.1) is 0 Å². The van der Waals surface area contributed by atoms with Crippen LogP contribution in [0.3, 0.4) is 0 Å². The van der Waals surface area contributed by atoms with E-state index in [1.54, 1.807) is 17.6 Å². The number of amides is 1. The number of ether oxygens (including phenoxy) is 1. The number of carbonyl (C=O) groups is 1. The summed E-state index contributed by atoms with van der Waals surface area (Å²) in [6, 6.07) is 0. The lowest BCUT2D eigenvalue weighted by Gasteiger charge is -2.36. The van der Waals surface area contributed by atoms with Crippen molar-refractivity contribution >= 4 is 23.1 Å². The van der Waals surface area contributed by atoms with E-state index in [9.17, 15) is 4.79 Å². The van der Waals surface area contributed by atoms with E-state index in [1.807, 2.05) is 25.3 Å². The summed E-state index contributed by atoms with van der Waals surface area (Å²) in [6.45, 7) is 11.1. The monoisotopic (exact) mass is 332 g/mol. The fraction of sp³-hybridized carbons (Fsp3) is 0.625. The van der Waals surface area contributed by atoms with Crippen molar-refractivity contribution < 1.29 is 9.53 Å². The number of anilines is 1. The van der Waals surface area contributed by atoms with Gasteiger partial charge in [0.05, 0.1) is 6.33 Å². The number of rotatable bonds is 2. The summed E-state index contributed by atoms with van der Waals surface area (Å²) in [7, 11) is 0. The second-order valence-corrected chi connectivity index (χ2v) is 6.85. The second-order valence-electron chi connectivity index (χ2n) is 6.85. The number of aromatic nitrogens is 4. The lowest BCUT2D eigenvalue weighted by Crippen LogP contribution is -2.50. The molecule has 0 saturated carbocycles. The van der Waals surface area contributed by atoms with Gasteiger partial charge in [0.1, 0.15) is 11.9 Å². The van der Waals surface area contributed by atoms with Crippen LogP contribution >= 0.6 is 0 Å². The van der Waals surface area contributed by atoms with Gasteiger partial charge in [0, 0.05) is 32.7 Å². The van der Waals surface area contributed by atoms with E-state index in [-0.39, 0.29) is 6.09 Å². The fourth-order valence-electron chi connectivity index (χ4n) is 2.76. The van der Waals surface area contributed by atoms with Crippen molar-refractivity contribution in [3.8, 4) is 0 Å². The molecular formula is C16H24N6O2. The molecule has 3 heterocycles. The predicted molar refractivity (Wildman–Crippen MR) is 91.0 cm³/mol. The van der Waals surface area contributed by atoms with Crippen molar-refractivity contribution in [2.45, 2.75) is 39.8 Å². The van der Waals surface area contributed by atoms with Crippen molar-refractivity contribution in [3.05, 3.63) is 12.7 Å². The summed E-state index contributed by atoms with van der Waals surface area (Å²) >= 11 is 0. The van der Waals surface area contributed by atoms with E-state index < -0.39 is 5.60 Å². The highest BCUT2D eigenvalue weighted by atomic mass is 16.6. The Morgan fingerprint density at radius 2 is 1.88 bits per heavy atom. The average Bonchev–Trinajstić information content (AvgIpc) is 2.96. The topological polar surface area (TPSA) is 76.4 Å². The number of hydrogen-bond acceptors (Lipinski definition) is 6. The predicted octanol–water partition coefficient (Wildman–Crippen LogP) is 1.90. The van der Waals surface area contributed by atoms with Gasteiger partial charge in [-0.1, -0.05) is 0 Å². The number of hydrogen-bond donors (Lipinski definition) is 0. The van der Waals surface area contributed by atoms with E-state index in [4.69, 9.17) is 4.74 Å². The molecule has 1 saturated heterocycles. The summed E-state index contributed by atoms with van der Waals surface area (Å²) in [5, 5.41) is 0. The van der Waals surface area contributed by atoms with Gasteiger partial charge in [-0.3, -0.25) is 0 Å².